The molecular weight excluding hydrogens is 588 g/mol. The van der Waals surface area contributed by atoms with Crippen LogP contribution < -0.4 is 16.4 Å². The summed E-state index contributed by atoms with van der Waals surface area (Å²) in [6, 6.07) is -4.29. The topological polar surface area (TPSA) is 215 Å². The second-order valence-electron chi connectivity index (χ2n) is 13.3. The van der Waals surface area contributed by atoms with Gasteiger partial charge in [-0.2, -0.15) is 0 Å². The SMILES string of the molecule is CC[C@H](C)[C@H](NC(=O)OC(C)(C)C)C(=O)NCC(C)(O)C[C@H](N)C(=O)N(C(=O)CCCCCC(C)C)[C@@H](CC(=O)O)C(=O)OC. The Hall–Kier alpha value is -3.26. The zero-order valence-electron chi connectivity index (χ0n) is 28.4. The molecule has 14 heteroatoms. The Morgan fingerprint density at radius 2 is 1.58 bits per heavy atom. The van der Waals surface area contributed by atoms with E-state index in [9.17, 15) is 39.0 Å². The molecule has 0 saturated heterocycles. The molecule has 0 spiro atoms. The van der Waals surface area contributed by atoms with E-state index in [0.29, 0.717) is 30.1 Å². The number of nitrogens with one attached hydrogen (secondary N) is 2. The van der Waals surface area contributed by atoms with Gasteiger partial charge in [-0.3, -0.25) is 24.1 Å². The number of rotatable bonds is 19. The predicted octanol–water partition coefficient (Wildman–Crippen LogP) is 2.49. The van der Waals surface area contributed by atoms with Crippen molar-refractivity contribution < 1.29 is 48.5 Å². The number of aliphatic carboxylic acids is 1. The maximum Gasteiger partial charge on any atom is 0.408 e. The van der Waals surface area contributed by atoms with Crippen molar-refractivity contribution in [1.29, 1.82) is 0 Å². The van der Waals surface area contributed by atoms with Gasteiger partial charge >= 0.3 is 18.0 Å². The van der Waals surface area contributed by atoms with Crippen molar-refractivity contribution in [3.05, 3.63) is 0 Å². The van der Waals surface area contributed by atoms with Crippen LogP contribution in [0.25, 0.3) is 0 Å². The normalized spacial score (nSPS) is 15.6. The first-order chi connectivity index (χ1) is 20.6. The molecule has 0 saturated carbocycles. The molecule has 0 bridgehead atoms. The molecule has 14 nitrogen and oxygen atoms in total. The zero-order valence-corrected chi connectivity index (χ0v) is 28.4. The van der Waals surface area contributed by atoms with Gasteiger partial charge in [-0.15, -0.1) is 0 Å². The summed E-state index contributed by atoms with van der Waals surface area (Å²) in [4.78, 5) is 76.7. The molecule has 6 N–H and O–H groups in total. The molecule has 0 fully saturated rings. The van der Waals surface area contributed by atoms with E-state index < -0.39 is 77.9 Å². The molecule has 0 heterocycles. The molecular formula is C31H56N4O10. The van der Waals surface area contributed by atoms with Crippen LogP contribution in [-0.4, -0.2) is 93.8 Å². The minimum absolute atomic E-state index is 0.127. The van der Waals surface area contributed by atoms with Gasteiger partial charge in [-0.1, -0.05) is 53.4 Å². The highest BCUT2D eigenvalue weighted by Crippen LogP contribution is 2.19. The highest BCUT2D eigenvalue weighted by Gasteiger charge is 2.41. The molecule has 0 aliphatic heterocycles. The second-order valence-corrected chi connectivity index (χ2v) is 13.3. The summed E-state index contributed by atoms with van der Waals surface area (Å²) in [6.07, 6.45) is 1.18. The number of carbonyl (C=O) groups excluding carboxylic acids is 5. The van der Waals surface area contributed by atoms with Crippen molar-refractivity contribution in [2.75, 3.05) is 13.7 Å². The van der Waals surface area contributed by atoms with Crippen LogP contribution in [0.4, 0.5) is 4.79 Å². The van der Waals surface area contributed by atoms with E-state index in [1.165, 1.54) is 6.92 Å². The van der Waals surface area contributed by atoms with Crippen LogP contribution in [0.2, 0.25) is 0 Å². The summed E-state index contributed by atoms with van der Waals surface area (Å²) < 4.78 is 9.95. The number of ether oxygens (including phenoxy) is 2. The Morgan fingerprint density at radius 1 is 0.978 bits per heavy atom. The highest BCUT2D eigenvalue weighted by molar-refractivity contribution is 6.02. The molecule has 4 amide bonds. The first-order valence-corrected chi connectivity index (χ1v) is 15.6. The van der Waals surface area contributed by atoms with E-state index in [4.69, 9.17) is 10.5 Å². The monoisotopic (exact) mass is 644 g/mol. The van der Waals surface area contributed by atoms with Crippen molar-refractivity contribution in [1.82, 2.24) is 15.5 Å². The van der Waals surface area contributed by atoms with Gasteiger partial charge in [0.25, 0.3) is 0 Å². The van der Waals surface area contributed by atoms with Gasteiger partial charge in [0.1, 0.15) is 17.7 Å². The fourth-order valence-electron chi connectivity index (χ4n) is 4.49. The van der Waals surface area contributed by atoms with E-state index in [1.54, 1.807) is 27.7 Å². The molecule has 0 aromatic heterocycles. The molecule has 0 aromatic rings. The van der Waals surface area contributed by atoms with Gasteiger partial charge < -0.3 is 36.1 Å². The maximum atomic E-state index is 13.5. The quantitative estimate of drug-likeness (QED) is 0.102. The van der Waals surface area contributed by atoms with Crippen LogP contribution in [0.1, 0.15) is 107 Å². The maximum absolute atomic E-state index is 13.5. The number of aliphatic hydroxyl groups is 1. The summed E-state index contributed by atoms with van der Waals surface area (Å²) in [6.45, 7) is 13.7. The first-order valence-electron chi connectivity index (χ1n) is 15.6. The number of unbranched alkanes of at least 4 members (excludes halogenated alkanes) is 2. The van der Waals surface area contributed by atoms with Gasteiger partial charge in [0.15, 0.2) is 0 Å². The fraction of sp³-hybridized carbons (Fsp3) is 0.806. The number of nitrogens with zero attached hydrogens (tertiary/aromatic N) is 1. The lowest BCUT2D eigenvalue weighted by Crippen LogP contribution is -2.58. The Labute approximate surface area is 267 Å². The average Bonchev–Trinajstić information content (AvgIpc) is 2.91. The van der Waals surface area contributed by atoms with Crippen LogP contribution in [0.3, 0.4) is 0 Å². The van der Waals surface area contributed by atoms with E-state index in [-0.39, 0.29) is 18.9 Å². The molecule has 0 radical (unpaired) electrons. The number of carboxylic acids is 1. The molecule has 0 aliphatic carbocycles. The minimum Gasteiger partial charge on any atom is -0.481 e. The molecule has 5 atom stereocenters. The number of imide groups is 1. The third-order valence-corrected chi connectivity index (χ3v) is 7.12. The number of methoxy groups -OCH3 is 1. The average molecular weight is 645 g/mol. The van der Waals surface area contributed by atoms with Crippen molar-refractivity contribution in [2.24, 2.45) is 17.6 Å². The van der Waals surface area contributed by atoms with Crippen LogP contribution in [0.15, 0.2) is 0 Å². The van der Waals surface area contributed by atoms with Gasteiger partial charge in [0.05, 0.1) is 25.2 Å². The van der Waals surface area contributed by atoms with Gasteiger partial charge in [0.2, 0.25) is 17.7 Å². The number of nitrogens with two attached hydrogens (primary N) is 1. The lowest BCUT2D eigenvalue weighted by Gasteiger charge is -2.33. The number of carbonyl (C=O) groups is 6. The fourth-order valence-corrected chi connectivity index (χ4v) is 4.49. The standard InChI is InChI=1S/C31H56N4O10/c1-10-20(4)25(34-29(42)45-30(5,6)7)26(39)33-18-31(8,43)17-21(32)27(40)35(22(16-24(37)38)28(41)44-9)23(36)15-13-11-12-14-19(2)3/h19-22,25,43H,10-18,32H2,1-9H3,(H,33,39)(H,34,42)(H,37,38)/t20-,21-,22-,25-,31?/m0/s1. The van der Waals surface area contributed by atoms with E-state index in [0.717, 1.165) is 20.0 Å². The number of hydrogen-bond acceptors (Lipinski definition) is 10. The molecule has 0 aromatic carbocycles. The van der Waals surface area contributed by atoms with Gasteiger partial charge in [0, 0.05) is 19.4 Å². The number of amides is 4. The zero-order chi connectivity index (χ0) is 35.1. The van der Waals surface area contributed by atoms with Crippen molar-refractivity contribution in [3.63, 3.8) is 0 Å². The minimum atomic E-state index is -1.78. The third-order valence-electron chi connectivity index (χ3n) is 7.12. The number of carboxylic acid groups (broad SMARTS) is 1. The lowest BCUT2D eigenvalue weighted by atomic mass is 9.94. The van der Waals surface area contributed by atoms with Gasteiger partial charge in [-0.05, 0) is 46.0 Å². The van der Waals surface area contributed by atoms with Crippen LogP contribution in [0.5, 0.6) is 0 Å². The Balaban J connectivity index is 5.78. The smallest absolute Gasteiger partial charge is 0.408 e. The molecule has 0 rings (SSSR count). The van der Waals surface area contributed by atoms with Crippen LogP contribution in [0, 0.1) is 11.8 Å². The summed E-state index contributed by atoms with van der Waals surface area (Å²) in [7, 11) is 1.01. The third kappa shape index (κ3) is 16.6. The summed E-state index contributed by atoms with van der Waals surface area (Å²) in [5, 5.41) is 25.6. The van der Waals surface area contributed by atoms with E-state index in [2.05, 4.69) is 29.2 Å². The summed E-state index contributed by atoms with van der Waals surface area (Å²) >= 11 is 0. The Bertz CT molecular complexity index is 1010. The molecule has 0 aliphatic rings. The van der Waals surface area contributed by atoms with Gasteiger partial charge in [-0.25, -0.2) is 9.59 Å². The Kier molecular flexibility index (Phi) is 17.9. The summed E-state index contributed by atoms with van der Waals surface area (Å²) in [5.41, 5.74) is 3.57. The number of alkyl carbamates (subject to hydrolysis) is 1. The second kappa shape index (κ2) is 19.3. The van der Waals surface area contributed by atoms with Crippen LogP contribution >= 0.6 is 0 Å². The number of hydrogen-bond donors (Lipinski definition) is 5. The van der Waals surface area contributed by atoms with Crippen molar-refractivity contribution >= 4 is 35.8 Å². The summed E-state index contributed by atoms with van der Waals surface area (Å²) in [5.74, 6) is -4.79. The van der Waals surface area contributed by atoms with Crippen LogP contribution in [-0.2, 0) is 33.4 Å². The van der Waals surface area contributed by atoms with Crippen molar-refractivity contribution in [3.8, 4) is 0 Å². The lowest BCUT2D eigenvalue weighted by molar-refractivity contribution is -0.163. The molecule has 1 unspecified atom stereocenters. The Morgan fingerprint density at radius 3 is 2.07 bits per heavy atom. The van der Waals surface area contributed by atoms with E-state index in [1.807, 2.05) is 6.92 Å². The largest absolute Gasteiger partial charge is 0.481 e. The van der Waals surface area contributed by atoms with Crippen molar-refractivity contribution in [2.45, 2.75) is 136 Å². The molecule has 45 heavy (non-hydrogen) atoms. The highest BCUT2D eigenvalue weighted by atomic mass is 16.6. The first kappa shape index (κ1) is 41.7. The number of esters is 1. The van der Waals surface area contributed by atoms with E-state index >= 15 is 0 Å². The molecule has 260 valence electrons. The predicted molar refractivity (Wildman–Crippen MR) is 167 cm³/mol.